The van der Waals surface area contributed by atoms with Crippen molar-refractivity contribution >= 4 is 0 Å². The first-order chi connectivity index (χ1) is 7.88. The van der Waals surface area contributed by atoms with E-state index in [-0.39, 0.29) is 0 Å². The van der Waals surface area contributed by atoms with Crippen LogP contribution in [-0.4, -0.2) is 40.5 Å². The van der Waals surface area contributed by atoms with Gasteiger partial charge in [0.2, 0.25) is 0 Å². The van der Waals surface area contributed by atoms with E-state index < -0.39 is 0 Å². The molecule has 2 heterocycles. The van der Waals surface area contributed by atoms with Crippen LogP contribution in [0.25, 0.3) is 0 Å². The summed E-state index contributed by atoms with van der Waals surface area (Å²) in [5.74, 6) is 0.930. The van der Waals surface area contributed by atoms with Crippen molar-refractivity contribution < 1.29 is 0 Å². The molecule has 1 atom stereocenters. The number of hydrogen-bond acceptors (Lipinski definition) is 4. The van der Waals surface area contributed by atoms with Crippen LogP contribution in [0.15, 0.2) is 18.5 Å². The number of nitrogens with zero attached hydrogens (tertiary/aromatic N) is 3. The Bertz CT molecular complexity index is 299. The van der Waals surface area contributed by atoms with Crippen LogP contribution in [0, 0.1) is 0 Å². The minimum Gasteiger partial charge on any atom is -0.311 e. The fraction of sp³-hybridized carbons (Fsp3) is 0.667. The molecule has 0 saturated carbocycles. The van der Waals surface area contributed by atoms with Crippen LogP contribution in [0.5, 0.6) is 0 Å². The number of aromatic nitrogens is 2. The van der Waals surface area contributed by atoms with Crippen molar-refractivity contribution in [2.24, 2.45) is 0 Å². The van der Waals surface area contributed by atoms with Gasteiger partial charge in [0, 0.05) is 38.1 Å². The highest BCUT2D eigenvalue weighted by Crippen LogP contribution is 2.07. The predicted octanol–water partition coefficient (Wildman–Crippen LogP) is 1.05. The predicted molar refractivity (Wildman–Crippen MR) is 64.0 cm³/mol. The zero-order valence-corrected chi connectivity index (χ0v) is 9.89. The van der Waals surface area contributed by atoms with Gasteiger partial charge in [-0.15, -0.1) is 0 Å². The normalized spacial score (nSPS) is 22.2. The molecule has 4 heteroatoms. The second-order valence-electron chi connectivity index (χ2n) is 4.34. The third-order valence-electron chi connectivity index (χ3n) is 2.96. The lowest BCUT2D eigenvalue weighted by atomic mass is 10.1. The summed E-state index contributed by atoms with van der Waals surface area (Å²) in [6.45, 7) is 6.41. The quantitative estimate of drug-likeness (QED) is 0.823. The average molecular weight is 220 g/mol. The Morgan fingerprint density at radius 1 is 1.44 bits per heavy atom. The van der Waals surface area contributed by atoms with Crippen molar-refractivity contribution in [2.75, 3.05) is 19.6 Å². The molecule has 1 aliphatic heterocycles. The Morgan fingerprint density at radius 2 is 2.25 bits per heavy atom. The van der Waals surface area contributed by atoms with Gasteiger partial charge in [0.25, 0.3) is 0 Å². The van der Waals surface area contributed by atoms with Crippen LogP contribution in [0.3, 0.4) is 0 Å². The zero-order chi connectivity index (χ0) is 11.2. The van der Waals surface area contributed by atoms with Crippen molar-refractivity contribution in [3.05, 3.63) is 24.3 Å². The number of nitrogens with one attached hydrogen (secondary N) is 1. The third kappa shape index (κ3) is 3.25. The fourth-order valence-corrected chi connectivity index (χ4v) is 2.19. The highest BCUT2D eigenvalue weighted by atomic mass is 15.2. The van der Waals surface area contributed by atoms with E-state index in [0.29, 0.717) is 6.04 Å². The monoisotopic (exact) mass is 220 g/mol. The lowest BCUT2D eigenvalue weighted by molar-refractivity contribution is 0.183. The Kier molecular flexibility index (Phi) is 4.25. The molecule has 0 aliphatic carbocycles. The molecule has 1 aromatic rings. The third-order valence-corrected chi connectivity index (χ3v) is 2.96. The van der Waals surface area contributed by atoms with Gasteiger partial charge in [0.15, 0.2) is 0 Å². The summed E-state index contributed by atoms with van der Waals surface area (Å²) in [6.07, 6.45) is 6.13. The largest absolute Gasteiger partial charge is 0.311 e. The van der Waals surface area contributed by atoms with Crippen molar-refractivity contribution in [3.8, 4) is 0 Å². The first-order valence-electron chi connectivity index (χ1n) is 6.10. The molecule has 16 heavy (non-hydrogen) atoms. The molecule has 2 rings (SSSR count). The lowest BCUT2D eigenvalue weighted by Crippen LogP contribution is -2.50. The molecule has 0 spiro atoms. The van der Waals surface area contributed by atoms with E-state index >= 15 is 0 Å². The van der Waals surface area contributed by atoms with Crippen molar-refractivity contribution in [3.63, 3.8) is 0 Å². The second-order valence-corrected chi connectivity index (χ2v) is 4.34. The van der Waals surface area contributed by atoms with Crippen LogP contribution in [0.2, 0.25) is 0 Å². The molecular weight excluding hydrogens is 200 g/mol. The van der Waals surface area contributed by atoms with Crippen LogP contribution >= 0.6 is 0 Å². The first kappa shape index (κ1) is 11.5. The summed E-state index contributed by atoms with van der Waals surface area (Å²) in [5, 5.41) is 3.55. The minimum absolute atomic E-state index is 0.641. The van der Waals surface area contributed by atoms with E-state index in [0.717, 1.165) is 32.0 Å². The molecule has 1 saturated heterocycles. The fourth-order valence-electron chi connectivity index (χ4n) is 2.19. The molecule has 1 N–H and O–H groups in total. The number of piperazine rings is 1. The van der Waals surface area contributed by atoms with Gasteiger partial charge in [-0.05, 0) is 12.5 Å². The van der Waals surface area contributed by atoms with E-state index in [1.807, 2.05) is 18.5 Å². The first-order valence-corrected chi connectivity index (χ1v) is 6.10. The van der Waals surface area contributed by atoms with E-state index in [2.05, 4.69) is 27.1 Å². The van der Waals surface area contributed by atoms with Gasteiger partial charge in [0.05, 0.1) is 6.54 Å². The second kappa shape index (κ2) is 5.92. The smallest absolute Gasteiger partial charge is 0.142 e. The Morgan fingerprint density at radius 3 is 3.00 bits per heavy atom. The molecule has 1 aromatic heterocycles. The summed E-state index contributed by atoms with van der Waals surface area (Å²) in [4.78, 5) is 11.0. The maximum Gasteiger partial charge on any atom is 0.142 e. The zero-order valence-electron chi connectivity index (χ0n) is 9.89. The molecule has 1 fully saturated rings. The van der Waals surface area contributed by atoms with Crippen molar-refractivity contribution in [2.45, 2.75) is 32.4 Å². The summed E-state index contributed by atoms with van der Waals surface area (Å²) in [5.41, 5.74) is 0. The SMILES string of the molecule is CCCC1CN(Cc2ncccn2)CCN1. The summed E-state index contributed by atoms with van der Waals surface area (Å²) in [7, 11) is 0. The molecule has 0 amide bonds. The molecule has 0 radical (unpaired) electrons. The van der Waals surface area contributed by atoms with Gasteiger partial charge in [-0.1, -0.05) is 13.3 Å². The van der Waals surface area contributed by atoms with Crippen LogP contribution in [0.4, 0.5) is 0 Å². The van der Waals surface area contributed by atoms with E-state index in [1.165, 1.54) is 12.8 Å². The highest BCUT2D eigenvalue weighted by molar-refractivity contribution is 4.90. The van der Waals surface area contributed by atoms with Gasteiger partial charge < -0.3 is 5.32 Å². The standard InChI is InChI=1S/C12H20N4/c1-2-4-11-9-16(8-7-13-11)10-12-14-5-3-6-15-12/h3,5-6,11,13H,2,4,7-10H2,1H3. The summed E-state index contributed by atoms with van der Waals surface area (Å²) >= 11 is 0. The number of rotatable bonds is 4. The lowest BCUT2D eigenvalue weighted by Gasteiger charge is -2.33. The van der Waals surface area contributed by atoms with Gasteiger partial charge in [-0.3, -0.25) is 4.90 Å². The van der Waals surface area contributed by atoms with E-state index in [4.69, 9.17) is 0 Å². The maximum absolute atomic E-state index is 4.27. The van der Waals surface area contributed by atoms with Crippen LogP contribution < -0.4 is 5.32 Å². The van der Waals surface area contributed by atoms with E-state index in [1.54, 1.807) is 0 Å². The molecule has 88 valence electrons. The van der Waals surface area contributed by atoms with E-state index in [9.17, 15) is 0 Å². The molecule has 4 nitrogen and oxygen atoms in total. The number of hydrogen-bond donors (Lipinski definition) is 1. The molecular formula is C12H20N4. The van der Waals surface area contributed by atoms with Gasteiger partial charge in [-0.2, -0.15) is 0 Å². The van der Waals surface area contributed by atoms with Gasteiger partial charge in [0.1, 0.15) is 5.82 Å². The van der Waals surface area contributed by atoms with Crippen molar-refractivity contribution in [1.82, 2.24) is 20.2 Å². The van der Waals surface area contributed by atoms with Crippen LogP contribution in [0.1, 0.15) is 25.6 Å². The summed E-state index contributed by atoms with van der Waals surface area (Å²) in [6, 6.07) is 2.50. The maximum atomic E-state index is 4.27. The topological polar surface area (TPSA) is 41.1 Å². The minimum atomic E-state index is 0.641. The van der Waals surface area contributed by atoms with Crippen molar-refractivity contribution in [1.29, 1.82) is 0 Å². The average Bonchev–Trinajstić information content (AvgIpc) is 2.31. The Balaban J connectivity index is 1.85. The summed E-state index contributed by atoms with van der Waals surface area (Å²) < 4.78 is 0. The molecule has 0 aromatic carbocycles. The Labute approximate surface area is 97.1 Å². The molecule has 0 bridgehead atoms. The highest BCUT2D eigenvalue weighted by Gasteiger charge is 2.18. The van der Waals surface area contributed by atoms with Crippen LogP contribution in [-0.2, 0) is 6.54 Å². The Hall–Kier alpha value is -1.00. The van der Waals surface area contributed by atoms with Gasteiger partial charge in [-0.25, -0.2) is 9.97 Å². The molecule has 1 unspecified atom stereocenters. The molecule has 1 aliphatic rings. The van der Waals surface area contributed by atoms with Gasteiger partial charge >= 0.3 is 0 Å².